The molecule has 0 saturated carbocycles. The first-order valence-electron chi connectivity index (χ1n) is 7.77. The molecule has 0 spiro atoms. The Bertz CT molecular complexity index is 688. The number of ether oxygens (including phenoxy) is 1. The van der Waals surface area contributed by atoms with Crippen LogP contribution in [-0.4, -0.2) is 43.7 Å². The van der Waals surface area contributed by atoms with Gasteiger partial charge in [-0.15, -0.1) is 0 Å². The van der Waals surface area contributed by atoms with Gasteiger partial charge in [-0.25, -0.2) is 4.79 Å². The number of nitrogens with one attached hydrogen (secondary N) is 2. The van der Waals surface area contributed by atoms with Crippen molar-refractivity contribution >= 4 is 11.7 Å². The van der Waals surface area contributed by atoms with Crippen LogP contribution in [0.4, 0.5) is 10.5 Å². The van der Waals surface area contributed by atoms with Gasteiger partial charge in [-0.1, -0.05) is 12.1 Å². The minimum Gasteiger partial charge on any atom is -0.497 e. The van der Waals surface area contributed by atoms with Gasteiger partial charge in [0.1, 0.15) is 5.75 Å². The second-order valence-electron chi connectivity index (χ2n) is 5.78. The number of carbonyl (C=O) groups is 1. The highest BCUT2D eigenvalue weighted by Crippen LogP contribution is 2.22. The molecule has 1 aromatic carbocycles. The van der Waals surface area contributed by atoms with Crippen LogP contribution in [0.3, 0.4) is 0 Å². The van der Waals surface area contributed by atoms with Gasteiger partial charge in [0.15, 0.2) is 0 Å². The minimum absolute atomic E-state index is 0.0463. The van der Waals surface area contributed by atoms with Crippen molar-refractivity contribution in [3.8, 4) is 5.75 Å². The molecule has 0 radical (unpaired) electrons. The lowest BCUT2D eigenvalue weighted by Crippen LogP contribution is -2.36. The average Bonchev–Trinajstić information content (AvgIpc) is 2.55. The van der Waals surface area contributed by atoms with E-state index in [0.717, 1.165) is 22.7 Å². The van der Waals surface area contributed by atoms with Crippen molar-refractivity contribution in [2.45, 2.75) is 13.0 Å². The summed E-state index contributed by atoms with van der Waals surface area (Å²) in [5.41, 5.74) is 2.66. The maximum atomic E-state index is 12.1. The number of hydrogen-bond acceptors (Lipinski definition) is 4. The zero-order chi connectivity index (χ0) is 17.5. The first-order valence-corrected chi connectivity index (χ1v) is 7.77. The average molecular weight is 328 g/mol. The van der Waals surface area contributed by atoms with Crippen molar-refractivity contribution in [3.05, 3.63) is 53.9 Å². The van der Waals surface area contributed by atoms with Crippen molar-refractivity contribution in [2.24, 2.45) is 0 Å². The van der Waals surface area contributed by atoms with E-state index in [1.165, 1.54) is 0 Å². The number of aromatic nitrogens is 1. The highest BCUT2D eigenvalue weighted by atomic mass is 16.5. The maximum absolute atomic E-state index is 12.1. The SMILES string of the molecule is COc1cccc([C@H](CNC(=O)Nc2ccnc(C)c2)N(C)C)c1. The largest absolute Gasteiger partial charge is 0.497 e. The number of carbonyl (C=O) groups excluding carboxylic acids is 1. The predicted octanol–water partition coefficient (Wildman–Crippen LogP) is 2.82. The zero-order valence-corrected chi connectivity index (χ0v) is 14.5. The van der Waals surface area contributed by atoms with Crippen molar-refractivity contribution in [3.63, 3.8) is 0 Å². The highest BCUT2D eigenvalue weighted by molar-refractivity contribution is 5.89. The summed E-state index contributed by atoms with van der Waals surface area (Å²) in [6, 6.07) is 11.3. The van der Waals surface area contributed by atoms with Crippen LogP contribution in [0.15, 0.2) is 42.6 Å². The van der Waals surface area contributed by atoms with Gasteiger partial charge in [0, 0.05) is 24.1 Å². The van der Waals surface area contributed by atoms with Crippen LogP contribution in [0.5, 0.6) is 5.75 Å². The number of amides is 2. The fraction of sp³-hybridized carbons (Fsp3) is 0.333. The molecular weight excluding hydrogens is 304 g/mol. The Morgan fingerprint density at radius 2 is 2.08 bits per heavy atom. The Hall–Kier alpha value is -2.60. The Morgan fingerprint density at radius 3 is 2.75 bits per heavy atom. The van der Waals surface area contributed by atoms with E-state index in [-0.39, 0.29) is 12.1 Å². The van der Waals surface area contributed by atoms with E-state index < -0.39 is 0 Å². The van der Waals surface area contributed by atoms with Crippen molar-refractivity contribution in [1.29, 1.82) is 0 Å². The number of pyridine rings is 1. The van der Waals surface area contributed by atoms with Gasteiger partial charge < -0.3 is 20.3 Å². The fourth-order valence-electron chi connectivity index (χ4n) is 2.44. The number of benzene rings is 1. The molecule has 1 heterocycles. The molecule has 24 heavy (non-hydrogen) atoms. The lowest BCUT2D eigenvalue weighted by Gasteiger charge is -2.25. The van der Waals surface area contributed by atoms with Gasteiger partial charge in [0.05, 0.1) is 13.2 Å². The van der Waals surface area contributed by atoms with E-state index in [2.05, 4.69) is 20.5 Å². The number of rotatable bonds is 6. The van der Waals surface area contributed by atoms with Crippen LogP contribution in [-0.2, 0) is 0 Å². The summed E-state index contributed by atoms with van der Waals surface area (Å²) in [6.07, 6.45) is 1.67. The van der Waals surface area contributed by atoms with E-state index in [4.69, 9.17) is 4.74 Å². The standard InChI is InChI=1S/C18H24N4O2/c1-13-10-15(8-9-19-13)21-18(23)20-12-17(22(2)3)14-6-5-7-16(11-14)24-4/h5-11,17H,12H2,1-4H3,(H2,19,20,21,23)/t17-/m0/s1. The van der Waals surface area contributed by atoms with E-state index in [1.807, 2.05) is 51.4 Å². The lowest BCUT2D eigenvalue weighted by molar-refractivity contribution is 0.243. The third-order valence-corrected chi connectivity index (χ3v) is 3.71. The zero-order valence-electron chi connectivity index (χ0n) is 14.5. The molecule has 6 nitrogen and oxygen atoms in total. The molecule has 1 atom stereocenters. The summed E-state index contributed by atoms with van der Waals surface area (Å²) in [4.78, 5) is 18.3. The van der Waals surface area contributed by atoms with Crippen LogP contribution in [0.1, 0.15) is 17.3 Å². The summed E-state index contributed by atoms with van der Waals surface area (Å²) >= 11 is 0. The lowest BCUT2D eigenvalue weighted by atomic mass is 10.1. The minimum atomic E-state index is -0.240. The Balaban J connectivity index is 1.99. The number of aryl methyl sites for hydroxylation is 1. The van der Waals surface area contributed by atoms with Crippen LogP contribution >= 0.6 is 0 Å². The second kappa shape index (κ2) is 8.31. The monoisotopic (exact) mass is 328 g/mol. The molecule has 0 saturated heterocycles. The summed E-state index contributed by atoms with van der Waals surface area (Å²) in [5.74, 6) is 0.802. The molecule has 2 N–H and O–H groups in total. The van der Waals surface area contributed by atoms with E-state index >= 15 is 0 Å². The highest BCUT2D eigenvalue weighted by Gasteiger charge is 2.16. The number of hydrogen-bond donors (Lipinski definition) is 2. The third-order valence-electron chi connectivity index (χ3n) is 3.71. The molecule has 0 unspecified atom stereocenters. The molecule has 0 bridgehead atoms. The fourth-order valence-corrected chi connectivity index (χ4v) is 2.44. The molecule has 2 amide bonds. The van der Waals surface area contributed by atoms with Gasteiger partial charge in [0.25, 0.3) is 0 Å². The van der Waals surface area contributed by atoms with Crippen LogP contribution in [0.2, 0.25) is 0 Å². The number of nitrogens with zero attached hydrogens (tertiary/aromatic N) is 2. The maximum Gasteiger partial charge on any atom is 0.319 e. The van der Waals surface area contributed by atoms with Gasteiger partial charge in [-0.05, 0) is 50.8 Å². The van der Waals surface area contributed by atoms with Gasteiger partial charge in [-0.3, -0.25) is 4.98 Å². The van der Waals surface area contributed by atoms with E-state index in [1.54, 1.807) is 19.4 Å². The summed E-state index contributed by atoms with van der Waals surface area (Å²) in [5, 5.41) is 5.73. The van der Waals surface area contributed by atoms with E-state index in [0.29, 0.717) is 6.54 Å². The van der Waals surface area contributed by atoms with Gasteiger partial charge in [0.2, 0.25) is 0 Å². The molecule has 2 rings (SSSR count). The van der Waals surface area contributed by atoms with Gasteiger partial charge >= 0.3 is 6.03 Å². The van der Waals surface area contributed by atoms with Crippen molar-refractivity contribution in [1.82, 2.24) is 15.2 Å². The Kier molecular flexibility index (Phi) is 6.14. The number of urea groups is 1. The molecule has 0 aliphatic carbocycles. The molecule has 0 aliphatic heterocycles. The van der Waals surface area contributed by atoms with Crippen molar-refractivity contribution < 1.29 is 9.53 Å². The Labute approximate surface area is 142 Å². The second-order valence-corrected chi connectivity index (χ2v) is 5.78. The number of likely N-dealkylation sites (N-methyl/N-ethyl adjacent to an activating group) is 1. The topological polar surface area (TPSA) is 66.5 Å². The number of anilines is 1. The molecule has 0 fully saturated rings. The summed E-state index contributed by atoms with van der Waals surface area (Å²) < 4.78 is 5.28. The van der Waals surface area contributed by atoms with Crippen LogP contribution in [0, 0.1) is 6.92 Å². The molecule has 0 aliphatic rings. The summed E-state index contributed by atoms with van der Waals surface area (Å²) in [6.45, 7) is 2.37. The molecule has 2 aromatic rings. The molecule has 128 valence electrons. The van der Waals surface area contributed by atoms with Gasteiger partial charge in [-0.2, -0.15) is 0 Å². The van der Waals surface area contributed by atoms with E-state index in [9.17, 15) is 4.79 Å². The number of methoxy groups -OCH3 is 1. The smallest absolute Gasteiger partial charge is 0.319 e. The molecule has 1 aromatic heterocycles. The van der Waals surface area contributed by atoms with Crippen molar-refractivity contribution in [2.75, 3.05) is 33.1 Å². The first-order chi connectivity index (χ1) is 11.5. The predicted molar refractivity (Wildman–Crippen MR) is 95.4 cm³/mol. The normalized spacial score (nSPS) is 11.9. The van der Waals surface area contributed by atoms with Crippen LogP contribution < -0.4 is 15.4 Å². The molecular formula is C18H24N4O2. The van der Waals surface area contributed by atoms with Crippen LogP contribution in [0.25, 0.3) is 0 Å². The summed E-state index contributed by atoms with van der Waals surface area (Å²) in [7, 11) is 5.61. The first kappa shape index (κ1) is 17.7. The Morgan fingerprint density at radius 1 is 1.29 bits per heavy atom. The quantitative estimate of drug-likeness (QED) is 0.856. The molecule has 6 heteroatoms. The third kappa shape index (κ3) is 4.96.